The highest BCUT2D eigenvalue weighted by atomic mass is 19.4. The number of hydrogen-bond acceptors (Lipinski definition) is 3. The highest BCUT2D eigenvalue weighted by molar-refractivity contribution is 5.76. The number of likely N-dealkylation sites (tertiary alicyclic amines) is 1. The average molecular weight is 305 g/mol. The number of rotatable bonds is 5. The highest BCUT2D eigenvalue weighted by Crippen LogP contribution is 2.31. The van der Waals surface area contributed by atoms with Crippen LogP contribution >= 0.6 is 0 Å². The number of carbonyl (C=O) groups is 1. The zero-order valence-corrected chi connectivity index (χ0v) is 11.6. The molecule has 0 unspecified atom stereocenters. The standard InChI is InChI=1S/C13H18F3N3O2/c14-13(15,16)12-10(4-3-7-20)8-19(17-12)9-11(21)18-5-1-2-6-18/h8,20H,1-7,9H2. The SMILES string of the molecule is O=C(Cn1cc(CCCO)c(C(F)(F)F)n1)N1CCCC1. The van der Waals surface area contributed by atoms with E-state index in [4.69, 9.17) is 5.11 Å². The molecule has 1 aliphatic rings. The van der Waals surface area contributed by atoms with Gasteiger partial charge < -0.3 is 10.0 Å². The van der Waals surface area contributed by atoms with Crippen LogP contribution in [0.4, 0.5) is 13.2 Å². The van der Waals surface area contributed by atoms with Gasteiger partial charge in [0.1, 0.15) is 6.54 Å². The van der Waals surface area contributed by atoms with Gasteiger partial charge in [-0.2, -0.15) is 18.3 Å². The Balaban J connectivity index is 2.12. The average Bonchev–Trinajstić information content (AvgIpc) is 3.04. The monoisotopic (exact) mass is 305 g/mol. The van der Waals surface area contributed by atoms with Gasteiger partial charge in [0, 0.05) is 31.5 Å². The Kier molecular flexibility index (Phi) is 4.87. The minimum Gasteiger partial charge on any atom is -0.396 e. The van der Waals surface area contributed by atoms with Crippen LogP contribution in [0.1, 0.15) is 30.5 Å². The number of aromatic nitrogens is 2. The maximum atomic E-state index is 12.9. The lowest BCUT2D eigenvalue weighted by Gasteiger charge is -2.14. The highest BCUT2D eigenvalue weighted by Gasteiger charge is 2.37. The molecule has 0 radical (unpaired) electrons. The molecule has 1 aromatic heterocycles. The molecular formula is C13H18F3N3O2. The van der Waals surface area contributed by atoms with E-state index in [1.54, 1.807) is 4.90 Å². The summed E-state index contributed by atoms with van der Waals surface area (Å²) >= 11 is 0. The van der Waals surface area contributed by atoms with Crippen molar-refractivity contribution in [1.82, 2.24) is 14.7 Å². The molecule has 5 nitrogen and oxygen atoms in total. The third-order valence-electron chi connectivity index (χ3n) is 3.47. The second-order valence-electron chi connectivity index (χ2n) is 5.11. The first kappa shape index (κ1) is 15.8. The largest absolute Gasteiger partial charge is 0.435 e. The van der Waals surface area contributed by atoms with Gasteiger partial charge in [-0.25, -0.2) is 0 Å². The summed E-state index contributed by atoms with van der Waals surface area (Å²) in [5, 5.41) is 12.3. The Hall–Kier alpha value is -1.57. The van der Waals surface area contributed by atoms with Crippen LogP contribution in [-0.4, -0.2) is 45.4 Å². The number of alkyl halides is 3. The summed E-state index contributed by atoms with van der Waals surface area (Å²) < 4.78 is 39.7. The fourth-order valence-corrected chi connectivity index (χ4v) is 2.44. The van der Waals surface area contributed by atoms with Crippen molar-refractivity contribution in [3.8, 4) is 0 Å². The summed E-state index contributed by atoms with van der Waals surface area (Å²) in [6.45, 7) is 0.949. The fraction of sp³-hybridized carbons (Fsp3) is 0.692. The van der Waals surface area contributed by atoms with Crippen LogP contribution in [0.5, 0.6) is 0 Å². The molecule has 2 rings (SSSR count). The Morgan fingerprint density at radius 3 is 2.57 bits per heavy atom. The summed E-state index contributed by atoms with van der Waals surface area (Å²) in [5.74, 6) is -0.211. The lowest BCUT2D eigenvalue weighted by Crippen LogP contribution is -2.31. The van der Waals surface area contributed by atoms with E-state index in [9.17, 15) is 18.0 Å². The van der Waals surface area contributed by atoms with Crippen LogP contribution in [-0.2, 0) is 23.9 Å². The first-order valence-electron chi connectivity index (χ1n) is 6.94. The smallest absolute Gasteiger partial charge is 0.396 e. The van der Waals surface area contributed by atoms with Crippen molar-refractivity contribution < 1.29 is 23.1 Å². The number of aryl methyl sites for hydroxylation is 1. The Bertz CT molecular complexity index is 493. The summed E-state index contributed by atoms with van der Waals surface area (Å²) in [6.07, 6.45) is -1.11. The molecule has 0 bridgehead atoms. The number of hydrogen-bond donors (Lipinski definition) is 1. The Morgan fingerprint density at radius 1 is 1.33 bits per heavy atom. The van der Waals surface area contributed by atoms with Crippen LogP contribution in [0, 0.1) is 0 Å². The van der Waals surface area contributed by atoms with Gasteiger partial charge in [-0.1, -0.05) is 0 Å². The van der Waals surface area contributed by atoms with Gasteiger partial charge >= 0.3 is 6.18 Å². The lowest BCUT2D eigenvalue weighted by atomic mass is 10.1. The van der Waals surface area contributed by atoms with Crippen LogP contribution in [0.2, 0.25) is 0 Å². The number of halogens is 3. The molecule has 1 aromatic rings. The molecule has 21 heavy (non-hydrogen) atoms. The van der Waals surface area contributed by atoms with Crippen LogP contribution in [0.15, 0.2) is 6.20 Å². The van der Waals surface area contributed by atoms with Crippen LogP contribution in [0.3, 0.4) is 0 Å². The van der Waals surface area contributed by atoms with Crippen molar-refractivity contribution in [1.29, 1.82) is 0 Å². The molecule has 8 heteroatoms. The van der Waals surface area contributed by atoms with Gasteiger partial charge in [-0.3, -0.25) is 9.48 Å². The predicted octanol–water partition coefficient (Wildman–Crippen LogP) is 1.45. The molecule has 1 saturated heterocycles. The Labute approximate surface area is 120 Å². The molecule has 0 saturated carbocycles. The molecule has 2 heterocycles. The molecule has 118 valence electrons. The van der Waals surface area contributed by atoms with E-state index in [2.05, 4.69) is 5.10 Å². The number of aliphatic hydroxyl groups is 1. The maximum Gasteiger partial charge on any atom is 0.435 e. The van der Waals surface area contributed by atoms with E-state index in [1.165, 1.54) is 6.20 Å². The second-order valence-corrected chi connectivity index (χ2v) is 5.11. The van der Waals surface area contributed by atoms with E-state index < -0.39 is 11.9 Å². The lowest BCUT2D eigenvalue weighted by molar-refractivity contribution is -0.142. The summed E-state index contributed by atoms with van der Waals surface area (Å²) in [5.41, 5.74) is -0.948. The van der Waals surface area contributed by atoms with Gasteiger partial charge in [0.25, 0.3) is 0 Å². The molecular weight excluding hydrogens is 287 g/mol. The van der Waals surface area contributed by atoms with Gasteiger partial charge in [-0.15, -0.1) is 0 Å². The number of amides is 1. The normalized spacial score (nSPS) is 15.7. The van der Waals surface area contributed by atoms with E-state index in [0.717, 1.165) is 17.5 Å². The summed E-state index contributed by atoms with van der Waals surface area (Å²) in [4.78, 5) is 13.6. The fourth-order valence-electron chi connectivity index (χ4n) is 2.44. The minimum atomic E-state index is -4.55. The summed E-state index contributed by atoms with van der Waals surface area (Å²) in [7, 11) is 0. The Morgan fingerprint density at radius 2 is 2.00 bits per heavy atom. The van der Waals surface area contributed by atoms with E-state index in [1.807, 2.05) is 0 Å². The number of aliphatic hydroxyl groups excluding tert-OH is 1. The maximum absolute atomic E-state index is 12.9. The predicted molar refractivity (Wildman–Crippen MR) is 68.4 cm³/mol. The first-order valence-corrected chi connectivity index (χ1v) is 6.94. The topological polar surface area (TPSA) is 58.4 Å². The zero-order valence-electron chi connectivity index (χ0n) is 11.6. The molecule has 1 amide bonds. The number of carbonyl (C=O) groups excluding carboxylic acids is 1. The van der Waals surface area contributed by atoms with Crippen molar-refractivity contribution in [3.63, 3.8) is 0 Å². The van der Waals surface area contributed by atoms with E-state index in [0.29, 0.717) is 13.1 Å². The quantitative estimate of drug-likeness (QED) is 0.896. The van der Waals surface area contributed by atoms with Crippen molar-refractivity contribution in [2.24, 2.45) is 0 Å². The molecule has 0 spiro atoms. The first-order chi connectivity index (χ1) is 9.91. The summed E-state index contributed by atoms with van der Waals surface area (Å²) in [6, 6.07) is 0. The molecule has 0 atom stereocenters. The van der Waals surface area contributed by atoms with Crippen molar-refractivity contribution in [2.45, 2.75) is 38.4 Å². The van der Waals surface area contributed by atoms with Gasteiger partial charge in [0.2, 0.25) is 5.91 Å². The zero-order chi connectivity index (χ0) is 15.5. The second kappa shape index (κ2) is 6.46. The molecule has 1 aliphatic heterocycles. The minimum absolute atomic E-state index is 0.0192. The third kappa shape index (κ3) is 3.96. The molecule has 0 aromatic carbocycles. The van der Waals surface area contributed by atoms with Crippen LogP contribution < -0.4 is 0 Å². The van der Waals surface area contributed by atoms with E-state index in [-0.39, 0.29) is 37.5 Å². The van der Waals surface area contributed by atoms with Gasteiger partial charge in [-0.05, 0) is 25.7 Å². The van der Waals surface area contributed by atoms with Crippen molar-refractivity contribution in [3.05, 3.63) is 17.5 Å². The molecule has 1 fully saturated rings. The van der Waals surface area contributed by atoms with Crippen LogP contribution in [0.25, 0.3) is 0 Å². The third-order valence-corrected chi connectivity index (χ3v) is 3.47. The molecule has 1 N–H and O–H groups in total. The van der Waals surface area contributed by atoms with Gasteiger partial charge in [0.15, 0.2) is 5.69 Å². The van der Waals surface area contributed by atoms with Gasteiger partial charge in [0.05, 0.1) is 0 Å². The van der Waals surface area contributed by atoms with Crippen molar-refractivity contribution >= 4 is 5.91 Å². The number of nitrogens with zero attached hydrogens (tertiary/aromatic N) is 3. The van der Waals surface area contributed by atoms with Crippen molar-refractivity contribution in [2.75, 3.05) is 19.7 Å². The van der Waals surface area contributed by atoms with E-state index >= 15 is 0 Å². The molecule has 0 aliphatic carbocycles.